The van der Waals surface area contributed by atoms with Gasteiger partial charge in [0.2, 0.25) is 5.95 Å². The summed E-state index contributed by atoms with van der Waals surface area (Å²) in [5.41, 5.74) is 4.83. The minimum atomic E-state index is -4.59. The number of para-hydroxylation sites is 1. The number of halogens is 6. The number of hydrogen-bond acceptors (Lipinski definition) is 6. The molecular formula is C38H32ClF5N6O2. The molecule has 0 atom stereocenters. The van der Waals surface area contributed by atoms with E-state index in [4.69, 9.17) is 21.4 Å². The molecule has 3 aromatic carbocycles. The van der Waals surface area contributed by atoms with Crippen molar-refractivity contribution >= 4 is 34.4 Å². The first-order valence-corrected chi connectivity index (χ1v) is 17.1. The number of nitrogens with zero attached hydrogens (tertiary/aromatic N) is 6. The summed E-state index contributed by atoms with van der Waals surface area (Å²) in [7, 11) is 1.31. The second-order valence-electron chi connectivity index (χ2n) is 12.4. The van der Waals surface area contributed by atoms with Crippen LogP contribution in [0.4, 0.5) is 27.9 Å². The molecule has 7 rings (SSSR count). The number of carbonyl (C=O) groups excluding carboxylic acids is 1. The molecule has 8 nitrogen and oxygen atoms in total. The standard InChI is InChI=1S/C38H32ClF5N6O2/c1-4-21-7-6-8-22(5-2)32(21)50-33(29-20-48(13-12-31(29)47-50)37-45-18-24(19-46-37)38(42,43)44)28-16-30(41)35(52-3)34-27(28)11-14-49(34)36(51)26-10-9-25(40)15-23(26)17-39/h6-11,14-16,18-19H,4-5,12-13,17,20H2,1-3H3. The number of aryl methyl sites for hydroxylation is 2. The maximum absolute atomic E-state index is 16.4. The Kier molecular flexibility index (Phi) is 9.24. The summed E-state index contributed by atoms with van der Waals surface area (Å²) < 4.78 is 79.0. The SMILES string of the molecule is CCc1cccc(CC)c1-n1nc2c(c1-c1cc(F)c(OC)c3c1ccn3C(=O)c1ccc(F)cc1CCl)CN(c1ncc(C(F)(F)F)cn1)CC2. The third kappa shape index (κ3) is 5.96. The molecule has 0 radical (unpaired) electrons. The Balaban J connectivity index is 1.47. The van der Waals surface area contributed by atoms with E-state index < -0.39 is 29.3 Å². The quantitative estimate of drug-likeness (QED) is 0.115. The first-order valence-electron chi connectivity index (χ1n) is 16.6. The van der Waals surface area contributed by atoms with Gasteiger partial charge in [0.25, 0.3) is 5.91 Å². The summed E-state index contributed by atoms with van der Waals surface area (Å²) in [6, 6.07) is 12.7. The fraction of sp³-hybridized carbons (Fsp3) is 0.263. The molecular weight excluding hydrogens is 703 g/mol. The van der Waals surface area contributed by atoms with Crippen LogP contribution in [-0.4, -0.2) is 43.9 Å². The Labute approximate surface area is 300 Å². The van der Waals surface area contributed by atoms with Gasteiger partial charge in [0.05, 0.1) is 29.7 Å². The van der Waals surface area contributed by atoms with E-state index in [1.54, 1.807) is 11.0 Å². The van der Waals surface area contributed by atoms with Crippen molar-refractivity contribution in [1.29, 1.82) is 0 Å². The van der Waals surface area contributed by atoms with E-state index in [2.05, 4.69) is 9.97 Å². The number of benzene rings is 3. The summed E-state index contributed by atoms with van der Waals surface area (Å²) >= 11 is 6.10. The molecule has 0 saturated heterocycles. The molecule has 268 valence electrons. The Morgan fingerprint density at radius 1 is 0.981 bits per heavy atom. The van der Waals surface area contributed by atoms with E-state index >= 15 is 4.39 Å². The average Bonchev–Trinajstić information content (AvgIpc) is 3.75. The van der Waals surface area contributed by atoms with Gasteiger partial charge in [-0.2, -0.15) is 18.3 Å². The molecule has 0 saturated carbocycles. The van der Waals surface area contributed by atoms with Crippen LogP contribution in [0.15, 0.2) is 67.1 Å². The van der Waals surface area contributed by atoms with Crippen LogP contribution in [-0.2, 0) is 37.9 Å². The number of aromatic nitrogens is 5. The van der Waals surface area contributed by atoms with Crippen LogP contribution in [0.3, 0.4) is 0 Å². The van der Waals surface area contributed by atoms with Crippen LogP contribution >= 0.6 is 11.6 Å². The number of hydrogen-bond donors (Lipinski definition) is 0. The third-order valence-corrected chi connectivity index (χ3v) is 9.75. The Bertz CT molecular complexity index is 2310. The van der Waals surface area contributed by atoms with Crippen molar-refractivity contribution in [3.8, 4) is 22.7 Å². The van der Waals surface area contributed by atoms with Crippen LogP contribution in [0, 0.1) is 11.6 Å². The molecule has 0 N–H and O–H groups in total. The molecule has 0 spiro atoms. The van der Waals surface area contributed by atoms with Crippen LogP contribution in [0.2, 0.25) is 0 Å². The summed E-state index contributed by atoms with van der Waals surface area (Å²) in [6.07, 6.45) is 0.190. The van der Waals surface area contributed by atoms with Gasteiger partial charge in [-0.15, -0.1) is 11.6 Å². The largest absolute Gasteiger partial charge is 0.492 e. The molecule has 14 heteroatoms. The number of alkyl halides is 4. The highest BCUT2D eigenvalue weighted by Gasteiger charge is 2.34. The van der Waals surface area contributed by atoms with E-state index in [1.807, 2.05) is 36.7 Å². The number of fused-ring (bicyclic) bond motifs is 2. The van der Waals surface area contributed by atoms with Gasteiger partial charge in [-0.25, -0.2) is 23.4 Å². The first kappa shape index (κ1) is 35.1. The predicted molar refractivity (Wildman–Crippen MR) is 187 cm³/mol. The molecule has 0 aliphatic carbocycles. The minimum absolute atomic E-state index is 0.109. The zero-order valence-electron chi connectivity index (χ0n) is 28.4. The molecule has 4 heterocycles. The number of carbonyl (C=O) groups is 1. The number of methoxy groups -OCH3 is 1. The third-order valence-electron chi connectivity index (χ3n) is 9.46. The molecule has 0 amide bonds. The highest BCUT2D eigenvalue weighted by molar-refractivity contribution is 6.18. The van der Waals surface area contributed by atoms with Crippen molar-refractivity contribution in [3.63, 3.8) is 0 Å². The highest BCUT2D eigenvalue weighted by atomic mass is 35.5. The van der Waals surface area contributed by atoms with Crippen molar-refractivity contribution in [3.05, 3.63) is 118 Å². The lowest BCUT2D eigenvalue weighted by Gasteiger charge is -2.27. The lowest BCUT2D eigenvalue weighted by atomic mass is 9.97. The molecule has 3 aromatic heterocycles. The zero-order valence-corrected chi connectivity index (χ0v) is 29.1. The van der Waals surface area contributed by atoms with Gasteiger partial charge in [-0.05, 0) is 59.9 Å². The molecule has 0 unspecified atom stereocenters. The van der Waals surface area contributed by atoms with Gasteiger partial charge in [-0.3, -0.25) is 9.36 Å². The van der Waals surface area contributed by atoms with E-state index in [0.29, 0.717) is 48.0 Å². The summed E-state index contributed by atoms with van der Waals surface area (Å²) in [4.78, 5) is 23.9. The van der Waals surface area contributed by atoms with Crippen molar-refractivity contribution in [2.24, 2.45) is 0 Å². The molecule has 6 aromatic rings. The minimum Gasteiger partial charge on any atom is -0.492 e. The van der Waals surface area contributed by atoms with Crippen molar-refractivity contribution < 1.29 is 31.5 Å². The summed E-state index contributed by atoms with van der Waals surface area (Å²) in [5, 5.41) is 5.58. The van der Waals surface area contributed by atoms with Crippen LogP contribution in [0.25, 0.3) is 27.8 Å². The van der Waals surface area contributed by atoms with Gasteiger partial charge in [0.1, 0.15) is 11.3 Å². The van der Waals surface area contributed by atoms with E-state index in [0.717, 1.165) is 41.0 Å². The van der Waals surface area contributed by atoms with Crippen molar-refractivity contribution in [1.82, 2.24) is 24.3 Å². The van der Waals surface area contributed by atoms with Gasteiger partial charge in [0, 0.05) is 66.1 Å². The fourth-order valence-corrected chi connectivity index (χ4v) is 7.16. The molecule has 0 fully saturated rings. The number of rotatable bonds is 8. The lowest BCUT2D eigenvalue weighted by molar-refractivity contribution is -0.138. The van der Waals surface area contributed by atoms with Gasteiger partial charge in [0.15, 0.2) is 11.6 Å². The van der Waals surface area contributed by atoms with E-state index in [-0.39, 0.29) is 40.8 Å². The Morgan fingerprint density at radius 3 is 2.33 bits per heavy atom. The lowest BCUT2D eigenvalue weighted by Crippen LogP contribution is -2.31. The average molecular weight is 735 g/mol. The Morgan fingerprint density at radius 2 is 1.69 bits per heavy atom. The van der Waals surface area contributed by atoms with Crippen LogP contribution in [0.5, 0.6) is 5.75 Å². The van der Waals surface area contributed by atoms with E-state index in [9.17, 15) is 22.4 Å². The maximum atomic E-state index is 16.4. The maximum Gasteiger partial charge on any atom is 0.419 e. The molecule has 52 heavy (non-hydrogen) atoms. The molecule has 0 bridgehead atoms. The normalized spacial score (nSPS) is 13.1. The first-order chi connectivity index (χ1) is 25.0. The van der Waals surface area contributed by atoms with Gasteiger partial charge < -0.3 is 9.64 Å². The smallest absolute Gasteiger partial charge is 0.419 e. The van der Waals surface area contributed by atoms with E-state index in [1.165, 1.54) is 36.1 Å². The highest BCUT2D eigenvalue weighted by Crippen LogP contribution is 2.43. The molecule has 1 aliphatic heterocycles. The van der Waals surface area contributed by atoms with Crippen LogP contribution < -0.4 is 9.64 Å². The second-order valence-corrected chi connectivity index (χ2v) is 12.7. The Hall–Kier alpha value is -5.30. The summed E-state index contributed by atoms with van der Waals surface area (Å²) in [6.45, 7) is 4.61. The van der Waals surface area contributed by atoms with Crippen LogP contribution in [0.1, 0.15) is 57.7 Å². The van der Waals surface area contributed by atoms with Crippen molar-refractivity contribution in [2.45, 2.75) is 51.7 Å². The van der Waals surface area contributed by atoms with Gasteiger partial charge in [-0.1, -0.05) is 32.0 Å². The fourth-order valence-electron chi connectivity index (χ4n) is 6.94. The number of ether oxygens (including phenoxy) is 1. The predicted octanol–water partition coefficient (Wildman–Crippen LogP) is 8.70. The summed E-state index contributed by atoms with van der Waals surface area (Å²) in [5.74, 6) is -2.05. The topological polar surface area (TPSA) is 78.1 Å². The van der Waals surface area contributed by atoms with Crippen molar-refractivity contribution in [2.75, 3.05) is 18.6 Å². The second kappa shape index (κ2) is 13.7. The number of anilines is 1. The zero-order chi connectivity index (χ0) is 36.9. The molecule has 1 aliphatic rings. The monoisotopic (exact) mass is 734 g/mol. The van der Waals surface area contributed by atoms with Gasteiger partial charge >= 0.3 is 6.18 Å².